The molecule has 9 heteroatoms. The Balaban J connectivity index is 1.98. The van der Waals surface area contributed by atoms with Gasteiger partial charge < -0.3 is 14.6 Å². The van der Waals surface area contributed by atoms with Crippen molar-refractivity contribution >= 4 is 17.8 Å². The summed E-state index contributed by atoms with van der Waals surface area (Å²) >= 11 is 0. The predicted octanol–water partition coefficient (Wildman–Crippen LogP) is 2.62. The number of phenols is 1. The van der Waals surface area contributed by atoms with E-state index in [4.69, 9.17) is 9.47 Å². The number of benzene rings is 2. The van der Waals surface area contributed by atoms with Gasteiger partial charge in [-0.15, -0.1) is 0 Å². The van der Waals surface area contributed by atoms with Crippen molar-refractivity contribution in [3.05, 3.63) is 58.1 Å². The van der Waals surface area contributed by atoms with Gasteiger partial charge in [0.2, 0.25) is 0 Å². The van der Waals surface area contributed by atoms with Crippen LogP contribution < -0.4 is 14.9 Å². The number of hydrogen-bond acceptors (Lipinski definition) is 7. The van der Waals surface area contributed by atoms with Gasteiger partial charge >= 0.3 is 5.69 Å². The highest BCUT2D eigenvalue weighted by Gasteiger charge is 2.20. The van der Waals surface area contributed by atoms with E-state index >= 15 is 0 Å². The van der Waals surface area contributed by atoms with Crippen molar-refractivity contribution in [2.24, 2.45) is 5.10 Å². The molecule has 0 aromatic heterocycles. The molecule has 142 valence electrons. The third-order valence-electron chi connectivity index (χ3n) is 3.41. The molecule has 0 heterocycles. The number of nitro benzene ring substituents is 1. The van der Waals surface area contributed by atoms with Crippen LogP contribution in [-0.2, 0) is 4.79 Å². The summed E-state index contributed by atoms with van der Waals surface area (Å²) in [6, 6.07) is 10.4. The molecule has 0 saturated carbocycles. The van der Waals surface area contributed by atoms with E-state index in [1.54, 1.807) is 25.1 Å². The van der Waals surface area contributed by atoms with Crippen LogP contribution in [0.25, 0.3) is 0 Å². The molecular weight excluding hydrogens is 354 g/mol. The maximum absolute atomic E-state index is 12.1. The molecule has 27 heavy (non-hydrogen) atoms. The zero-order valence-corrected chi connectivity index (χ0v) is 14.8. The van der Waals surface area contributed by atoms with E-state index in [-0.39, 0.29) is 17.2 Å². The number of nitrogens with zero attached hydrogens (tertiary/aromatic N) is 2. The summed E-state index contributed by atoms with van der Waals surface area (Å²) in [5, 5.41) is 24.4. The molecule has 0 radical (unpaired) electrons. The number of amides is 1. The van der Waals surface area contributed by atoms with Crippen LogP contribution in [0.3, 0.4) is 0 Å². The number of carbonyl (C=O) groups is 1. The Morgan fingerprint density at radius 3 is 2.78 bits per heavy atom. The molecule has 0 spiro atoms. The van der Waals surface area contributed by atoms with Gasteiger partial charge in [0.1, 0.15) is 0 Å². The minimum absolute atomic E-state index is 0.00418. The van der Waals surface area contributed by atoms with E-state index < -0.39 is 16.9 Å². The van der Waals surface area contributed by atoms with E-state index in [1.165, 1.54) is 37.4 Å². The van der Waals surface area contributed by atoms with Crippen molar-refractivity contribution in [3.8, 4) is 17.2 Å². The molecule has 0 aliphatic carbocycles. The summed E-state index contributed by atoms with van der Waals surface area (Å²) in [6.07, 6.45) is 0.374. The van der Waals surface area contributed by atoms with E-state index in [0.29, 0.717) is 17.9 Å². The first-order valence-corrected chi connectivity index (χ1v) is 8.11. The fraction of sp³-hybridized carbons (Fsp3) is 0.222. The van der Waals surface area contributed by atoms with Gasteiger partial charge in [-0.3, -0.25) is 14.9 Å². The van der Waals surface area contributed by atoms with Gasteiger partial charge in [-0.05, 0) is 43.7 Å². The Morgan fingerprint density at radius 2 is 2.07 bits per heavy atom. The van der Waals surface area contributed by atoms with Crippen LogP contribution in [0.1, 0.15) is 19.4 Å². The minimum atomic E-state index is -0.998. The van der Waals surface area contributed by atoms with Gasteiger partial charge in [0.25, 0.3) is 5.91 Å². The standard InChI is InChI=1S/C18H19N3O6/c1-3-26-17-10-13(8-9-15(17)22)11-19-20-18(23)12(2)27-16-7-5-4-6-14(16)21(24)25/h4-12,22H,3H2,1-2H3,(H,20,23)/b19-11+. The smallest absolute Gasteiger partial charge is 0.310 e. The van der Waals surface area contributed by atoms with Crippen molar-refractivity contribution in [2.75, 3.05) is 6.61 Å². The van der Waals surface area contributed by atoms with Gasteiger partial charge in [-0.1, -0.05) is 12.1 Å². The second kappa shape index (κ2) is 9.18. The van der Waals surface area contributed by atoms with Gasteiger partial charge in [-0.25, -0.2) is 5.43 Å². The number of aromatic hydroxyl groups is 1. The van der Waals surface area contributed by atoms with Crippen molar-refractivity contribution < 1.29 is 24.3 Å². The van der Waals surface area contributed by atoms with Gasteiger partial charge in [0, 0.05) is 6.07 Å². The average Bonchev–Trinajstić information content (AvgIpc) is 2.64. The Kier molecular flexibility index (Phi) is 6.70. The molecule has 2 N–H and O–H groups in total. The molecule has 1 amide bonds. The molecular formula is C18H19N3O6. The summed E-state index contributed by atoms with van der Waals surface area (Å²) in [4.78, 5) is 22.4. The van der Waals surface area contributed by atoms with Crippen LogP contribution in [0.5, 0.6) is 17.2 Å². The maximum Gasteiger partial charge on any atom is 0.310 e. The number of para-hydroxylation sites is 2. The third kappa shape index (κ3) is 5.43. The van der Waals surface area contributed by atoms with E-state index in [1.807, 2.05) is 0 Å². The van der Waals surface area contributed by atoms with E-state index in [2.05, 4.69) is 10.5 Å². The summed E-state index contributed by atoms with van der Waals surface area (Å²) in [7, 11) is 0. The maximum atomic E-state index is 12.1. The lowest BCUT2D eigenvalue weighted by molar-refractivity contribution is -0.386. The van der Waals surface area contributed by atoms with E-state index in [0.717, 1.165) is 0 Å². The fourth-order valence-electron chi connectivity index (χ4n) is 2.10. The van der Waals surface area contributed by atoms with Crippen LogP contribution in [0, 0.1) is 10.1 Å². The first-order chi connectivity index (χ1) is 12.9. The zero-order valence-electron chi connectivity index (χ0n) is 14.8. The summed E-state index contributed by atoms with van der Waals surface area (Å²) in [5.74, 6) is -0.271. The largest absolute Gasteiger partial charge is 0.504 e. The van der Waals surface area contributed by atoms with Gasteiger partial charge in [0.15, 0.2) is 23.4 Å². The Hall–Kier alpha value is -3.62. The first-order valence-electron chi connectivity index (χ1n) is 8.11. The quantitative estimate of drug-likeness (QED) is 0.416. The monoisotopic (exact) mass is 373 g/mol. The number of hydrogen-bond donors (Lipinski definition) is 2. The van der Waals surface area contributed by atoms with Crippen LogP contribution >= 0.6 is 0 Å². The molecule has 9 nitrogen and oxygen atoms in total. The molecule has 2 aromatic rings. The normalized spacial score (nSPS) is 11.8. The Labute approximate surface area is 155 Å². The SMILES string of the molecule is CCOc1cc(/C=N/NC(=O)C(C)Oc2ccccc2[N+](=O)[O-])ccc1O. The Morgan fingerprint density at radius 1 is 1.33 bits per heavy atom. The average molecular weight is 373 g/mol. The second-order valence-corrected chi connectivity index (χ2v) is 5.38. The highest BCUT2D eigenvalue weighted by atomic mass is 16.6. The molecule has 0 aliphatic rings. The van der Waals surface area contributed by atoms with Crippen LogP contribution in [-0.4, -0.2) is 34.9 Å². The highest BCUT2D eigenvalue weighted by molar-refractivity contribution is 5.85. The fourth-order valence-corrected chi connectivity index (χ4v) is 2.10. The lowest BCUT2D eigenvalue weighted by Crippen LogP contribution is -2.33. The number of hydrazone groups is 1. The molecule has 1 unspecified atom stereocenters. The van der Waals surface area contributed by atoms with E-state index in [9.17, 15) is 20.0 Å². The summed E-state index contributed by atoms with van der Waals surface area (Å²) < 4.78 is 10.6. The van der Waals surface area contributed by atoms with Crippen molar-refractivity contribution in [1.82, 2.24) is 5.43 Å². The Bertz CT molecular complexity index is 853. The molecule has 2 rings (SSSR count). The van der Waals surface area contributed by atoms with Crippen LogP contribution in [0.15, 0.2) is 47.6 Å². The summed E-state index contributed by atoms with van der Waals surface area (Å²) in [6.45, 7) is 3.64. The zero-order chi connectivity index (χ0) is 19.8. The number of nitrogens with one attached hydrogen (secondary N) is 1. The lowest BCUT2D eigenvalue weighted by atomic mass is 10.2. The number of carbonyl (C=O) groups excluding carboxylic acids is 1. The molecule has 0 fully saturated rings. The number of rotatable bonds is 8. The van der Waals surface area contributed by atoms with Crippen molar-refractivity contribution in [1.29, 1.82) is 0 Å². The second-order valence-electron chi connectivity index (χ2n) is 5.38. The van der Waals surface area contributed by atoms with Crippen LogP contribution in [0.4, 0.5) is 5.69 Å². The number of ether oxygens (including phenoxy) is 2. The predicted molar refractivity (Wildman–Crippen MR) is 98.2 cm³/mol. The number of nitro groups is 1. The minimum Gasteiger partial charge on any atom is -0.504 e. The van der Waals surface area contributed by atoms with Crippen molar-refractivity contribution in [2.45, 2.75) is 20.0 Å². The van der Waals surface area contributed by atoms with Gasteiger partial charge in [-0.2, -0.15) is 5.10 Å². The third-order valence-corrected chi connectivity index (χ3v) is 3.41. The van der Waals surface area contributed by atoms with Gasteiger partial charge in [0.05, 0.1) is 17.7 Å². The molecule has 0 aliphatic heterocycles. The molecule has 2 aromatic carbocycles. The molecule has 1 atom stereocenters. The topological polar surface area (TPSA) is 123 Å². The van der Waals surface area contributed by atoms with Crippen LogP contribution in [0.2, 0.25) is 0 Å². The number of phenolic OH excluding ortho intramolecular Hbond substituents is 1. The molecule has 0 bridgehead atoms. The van der Waals surface area contributed by atoms with Crippen molar-refractivity contribution in [3.63, 3.8) is 0 Å². The summed E-state index contributed by atoms with van der Waals surface area (Å²) in [5.41, 5.74) is 2.67. The molecule has 0 saturated heterocycles. The first kappa shape index (κ1) is 19.7. The highest BCUT2D eigenvalue weighted by Crippen LogP contribution is 2.27. The lowest BCUT2D eigenvalue weighted by Gasteiger charge is -2.12.